The summed E-state index contributed by atoms with van der Waals surface area (Å²) in [6.45, 7) is 8.77. The number of aliphatic carboxylic acids is 1. The SMILES string of the molecule is Cc1ccc(CCC(C(=O)O)n2c(C)nc3sc(C(=O)OC(C)C)c(C)c3c2=O)cc1. The molecule has 3 aromatic rings. The van der Waals surface area contributed by atoms with Crippen LogP contribution >= 0.6 is 11.3 Å². The summed E-state index contributed by atoms with van der Waals surface area (Å²) in [7, 11) is 0. The van der Waals surface area contributed by atoms with Gasteiger partial charge in [0, 0.05) is 0 Å². The van der Waals surface area contributed by atoms with Crippen molar-refractivity contribution in [3.63, 3.8) is 0 Å². The number of thiophene rings is 1. The van der Waals surface area contributed by atoms with Crippen molar-refractivity contribution in [1.29, 1.82) is 0 Å². The largest absolute Gasteiger partial charge is 0.480 e. The van der Waals surface area contributed by atoms with Gasteiger partial charge >= 0.3 is 11.9 Å². The molecule has 1 N–H and O–H groups in total. The van der Waals surface area contributed by atoms with Gasteiger partial charge in [0.2, 0.25) is 0 Å². The molecule has 0 spiro atoms. The van der Waals surface area contributed by atoms with Gasteiger partial charge in [-0.25, -0.2) is 14.6 Å². The third kappa shape index (κ3) is 4.69. The van der Waals surface area contributed by atoms with Crippen LogP contribution in [-0.4, -0.2) is 32.7 Å². The number of carbonyl (C=O) groups excluding carboxylic acids is 1. The van der Waals surface area contributed by atoms with E-state index in [-0.39, 0.29) is 17.9 Å². The summed E-state index contributed by atoms with van der Waals surface area (Å²) in [6, 6.07) is 6.81. The van der Waals surface area contributed by atoms with Crippen molar-refractivity contribution in [2.75, 3.05) is 0 Å². The number of ether oxygens (including phenoxy) is 1. The molecule has 0 aliphatic rings. The van der Waals surface area contributed by atoms with Crippen molar-refractivity contribution in [3.8, 4) is 0 Å². The van der Waals surface area contributed by atoms with Crippen LogP contribution in [0, 0.1) is 20.8 Å². The number of nitrogens with zero attached hydrogens (tertiary/aromatic N) is 2. The first kappa shape index (κ1) is 22.7. The van der Waals surface area contributed by atoms with Gasteiger partial charge in [-0.2, -0.15) is 0 Å². The molecule has 7 nitrogen and oxygen atoms in total. The minimum Gasteiger partial charge on any atom is -0.480 e. The van der Waals surface area contributed by atoms with Gasteiger partial charge in [0.25, 0.3) is 5.56 Å². The van der Waals surface area contributed by atoms with Crippen LogP contribution in [0.1, 0.15) is 58.5 Å². The smallest absolute Gasteiger partial charge is 0.348 e. The summed E-state index contributed by atoms with van der Waals surface area (Å²) in [6.07, 6.45) is 0.467. The van der Waals surface area contributed by atoms with Crippen LogP contribution in [0.15, 0.2) is 29.1 Å². The lowest BCUT2D eigenvalue weighted by Crippen LogP contribution is -2.33. The maximum Gasteiger partial charge on any atom is 0.348 e. The van der Waals surface area contributed by atoms with Crippen LogP contribution < -0.4 is 5.56 Å². The van der Waals surface area contributed by atoms with Crippen LogP contribution in [0.5, 0.6) is 0 Å². The Morgan fingerprint density at radius 1 is 1.16 bits per heavy atom. The molecule has 1 aromatic carbocycles. The number of aryl methyl sites for hydroxylation is 4. The summed E-state index contributed by atoms with van der Waals surface area (Å²) in [5, 5.41) is 10.1. The number of carboxylic acids is 1. The molecule has 0 saturated heterocycles. The monoisotopic (exact) mass is 442 g/mol. The predicted molar refractivity (Wildman–Crippen MR) is 120 cm³/mol. The Bertz CT molecular complexity index is 1190. The van der Waals surface area contributed by atoms with Gasteiger partial charge in [0.05, 0.1) is 11.5 Å². The summed E-state index contributed by atoms with van der Waals surface area (Å²) < 4.78 is 6.50. The van der Waals surface area contributed by atoms with Gasteiger partial charge in [-0.3, -0.25) is 9.36 Å². The zero-order valence-electron chi connectivity index (χ0n) is 18.3. The lowest BCUT2D eigenvalue weighted by Gasteiger charge is -2.18. The molecule has 164 valence electrons. The molecule has 1 atom stereocenters. The zero-order chi connectivity index (χ0) is 22.9. The predicted octanol–water partition coefficient (Wildman–Crippen LogP) is 4.21. The minimum absolute atomic E-state index is 0.248. The number of hydrogen-bond donors (Lipinski definition) is 1. The molecule has 0 saturated carbocycles. The van der Waals surface area contributed by atoms with Crippen LogP contribution in [0.2, 0.25) is 0 Å². The number of rotatable bonds is 7. The van der Waals surface area contributed by atoms with Crippen molar-refractivity contribution in [3.05, 3.63) is 62.0 Å². The molecule has 0 radical (unpaired) electrons. The average Bonchev–Trinajstić information content (AvgIpc) is 3.01. The first-order valence-corrected chi connectivity index (χ1v) is 10.9. The first-order valence-electron chi connectivity index (χ1n) is 10.1. The number of hydrogen-bond acceptors (Lipinski definition) is 6. The van der Waals surface area contributed by atoms with E-state index in [1.54, 1.807) is 27.7 Å². The summed E-state index contributed by atoms with van der Waals surface area (Å²) >= 11 is 1.10. The molecule has 0 aliphatic heterocycles. The topological polar surface area (TPSA) is 98.5 Å². The lowest BCUT2D eigenvalue weighted by atomic mass is 10.0. The van der Waals surface area contributed by atoms with Crippen molar-refractivity contribution >= 4 is 33.5 Å². The fourth-order valence-corrected chi connectivity index (χ4v) is 4.65. The number of fused-ring (bicyclic) bond motifs is 1. The molecule has 31 heavy (non-hydrogen) atoms. The highest BCUT2D eigenvalue weighted by atomic mass is 32.1. The van der Waals surface area contributed by atoms with Gasteiger partial charge in [-0.15, -0.1) is 11.3 Å². The summed E-state index contributed by atoms with van der Waals surface area (Å²) in [5.41, 5.74) is 2.15. The summed E-state index contributed by atoms with van der Waals surface area (Å²) in [5.74, 6) is -1.29. The van der Waals surface area contributed by atoms with Crippen molar-refractivity contribution < 1.29 is 19.4 Å². The number of carbonyl (C=O) groups is 2. The van der Waals surface area contributed by atoms with Gasteiger partial charge in [-0.1, -0.05) is 29.8 Å². The second-order valence-corrected chi connectivity index (χ2v) is 8.90. The van der Waals surface area contributed by atoms with Gasteiger partial charge in [0.1, 0.15) is 21.6 Å². The van der Waals surface area contributed by atoms with Crippen molar-refractivity contribution in [2.45, 2.75) is 59.6 Å². The molecular weight excluding hydrogens is 416 g/mol. The van der Waals surface area contributed by atoms with Crippen LogP contribution in [0.4, 0.5) is 0 Å². The number of carboxylic acid groups (broad SMARTS) is 1. The van der Waals surface area contributed by atoms with Gasteiger partial charge in [-0.05, 0) is 58.6 Å². The van der Waals surface area contributed by atoms with Crippen molar-refractivity contribution in [2.24, 2.45) is 0 Å². The summed E-state index contributed by atoms with van der Waals surface area (Å²) in [4.78, 5) is 43.0. The number of esters is 1. The highest BCUT2D eigenvalue weighted by molar-refractivity contribution is 7.20. The number of benzene rings is 1. The van der Waals surface area contributed by atoms with E-state index >= 15 is 0 Å². The molecule has 3 rings (SSSR count). The normalized spacial score (nSPS) is 12.3. The Labute approximate surface area is 184 Å². The minimum atomic E-state index is -1.09. The molecule has 0 aliphatic carbocycles. The highest BCUT2D eigenvalue weighted by Crippen LogP contribution is 2.29. The second-order valence-electron chi connectivity index (χ2n) is 7.90. The Hall–Kier alpha value is -3.00. The van der Waals surface area contributed by atoms with Crippen LogP contribution in [0.3, 0.4) is 0 Å². The third-order valence-corrected chi connectivity index (χ3v) is 6.29. The molecular formula is C23H26N2O5S. The molecule has 2 heterocycles. The van der Waals surface area contributed by atoms with E-state index in [1.165, 1.54) is 4.57 Å². The molecule has 1 unspecified atom stereocenters. The lowest BCUT2D eigenvalue weighted by molar-refractivity contribution is -0.141. The molecule has 0 bridgehead atoms. The quantitative estimate of drug-likeness (QED) is 0.551. The first-order chi connectivity index (χ1) is 14.6. The number of aromatic nitrogens is 2. The maximum absolute atomic E-state index is 13.3. The average molecular weight is 443 g/mol. The fraction of sp³-hybridized carbons (Fsp3) is 0.391. The Kier molecular flexibility index (Phi) is 6.59. The van der Waals surface area contributed by atoms with Crippen LogP contribution in [-0.2, 0) is 16.0 Å². The van der Waals surface area contributed by atoms with E-state index in [1.807, 2.05) is 31.2 Å². The van der Waals surface area contributed by atoms with E-state index in [0.29, 0.717) is 27.5 Å². The maximum atomic E-state index is 13.3. The zero-order valence-corrected chi connectivity index (χ0v) is 19.1. The van der Waals surface area contributed by atoms with E-state index < -0.39 is 23.5 Å². The van der Waals surface area contributed by atoms with Gasteiger partial charge in [0.15, 0.2) is 0 Å². The molecule has 8 heteroatoms. The molecule has 0 fully saturated rings. The highest BCUT2D eigenvalue weighted by Gasteiger charge is 2.27. The Morgan fingerprint density at radius 2 is 1.81 bits per heavy atom. The second kappa shape index (κ2) is 9.01. The van der Waals surface area contributed by atoms with Gasteiger partial charge < -0.3 is 9.84 Å². The Morgan fingerprint density at radius 3 is 2.39 bits per heavy atom. The van der Waals surface area contributed by atoms with Crippen molar-refractivity contribution in [1.82, 2.24) is 9.55 Å². The molecule has 2 aromatic heterocycles. The Balaban J connectivity index is 2.03. The standard InChI is InChI=1S/C23H26N2O5S/c1-12(2)30-23(29)19-14(4)18-20(31-19)24-15(5)25(21(18)26)17(22(27)28)11-10-16-8-6-13(3)7-9-16/h6-9,12,17H,10-11H2,1-5H3,(H,27,28). The third-order valence-electron chi connectivity index (χ3n) is 5.12. The van der Waals surface area contributed by atoms with E-state index in [0.717, 1.165) is 22.5 Å². The van der Waals surface area contributed by atoms with E-state index in [2.05, 4.69) is 4.98 Å². The van der Waals surface area contributed by atoms with Crippen LogP contribution in [0.25, 0.3) is 10.2 Å². The fourth-order valence-electron chi connectivity index (χ4n) is 3.55. The molecule has 0 amide bonds. The van der Waals surface area contributed by atoms with E-state index in [4.69, 9.17) is 4.74 Å². The van der Waals surface area contributed by atoms with E-state index in [9.17, 15) is 19.5 Å².